The highest BCUT2D eigenvalue weighted by molar-refractivity contribution is 5.92. The number of aliphatic carboxylic acids is 1. The van der Waals surface area contributed by atoms with E-state index >= 15 is 0 Å². The summed E-state index contributed by atoms with van der Waals surface area (Å²) < 4.78 is 0. The van der Waals surface area contributed by atoms with Crippen molar-refractivity contribution in [1.82, 2.24) is 5.32 Å². The van der Waals surface area contributed by atoms with Crippen LogP contribution < -0.4 is 10.6 Å². The van der Waals surface area contributed by atoms with Crippen LogP contribution in [0.2, 0.25) is 0 Å². The standard InChI is InChI=1S/C14H20N2O3/c1-2-11-5-3-6-12(9-11)16-13(17)10-15-8-4-7-14(18)19/h3,5-6,9,15H,2,4,7-8,10H2,1H3,(H,16,17)(H,18,19). The highest BCUT2D eigenvalue weighted by Crippen LogP contribution is 2.10. The van der Waals surface area contributed by atoms with Gasteiger partial charge in [0.05, 0.1) is 6.54 Å². The molecule has 0 atom stereocenters. The summed E-state index contributed by atoms with van der Waals surface area (Å²) in [7, 11) is 0. The number of carbonyl (C=O) groups is 2. The Hall–Kier alpha value is -1.88. The molecule has 0 unspecified atom stereocenters. The molecule has 104 valence electrons. The predicted octanol–water partition coefficient (Wildman–Crippen LogP) is 1.64. The first-order valence-electron chi connectivity index (χ1n) is 6.43. The Morgan fingerprint density at radius 1 is 1.32 bits per heavy atom. The molecule has 0 heterocycles. The van der Waals surface area contributed by atoms with Gasteiger partial charge < -0.3 is 15.7 Å². The Bertz CT molecular complexity index is 432. The molecule has 5 heteroatoms. The van der Waals surface area contributed by atoms with Gasteiger partial charge in [0.25, 0.3) is 0 Å². The summed E-state index contributed by atoms with van der Waals surface area (Å²) in [6, 6.07) is 7.72. The molecule has 0 saturated carbocycles. The van der Waals surface area contributed by atoms with Crippen molar-refractivity contribution in [2.24, 2.45) is 0 Å². The number of carboxylic acid groups (broad SMARTS) is 1. The van der Waals surface area contributed by atoms with E-state index < -0.39 is 5.97 Å². The van der Waals surface area contributed by atoms with Gasteiger partial charge in [0, 0.05) is 12.1 Å². The molecule has 5 nitrogen and oxygen atoms in total. The number of hydrogen-bond acceptors (Lipinski definition) is 3. The topological polar surface area (TPSA) is 78.4 Å². The van der Waals surface area contributed by atoms with Crippen molar-refractivity contribution in [2.75, 3.05) is 18.4 Å². The molecular formula is C14H20N2O3. The second-order valence-electron chi connectivity index (χ2n) is 4.28. The van der Waals surface area contributed by atoms with E-state index in [4.69, 9.17) is 5.11 Å². The van der Waals surface area contributed by atoms with Crippen LogP contribution >= 0.6 is 0 Å². The number of carboxylic acids is 1. The molecule has 1 aromatic carbocycles. The van der Waals surface area contributed by atoms with Crippen molar-refractivity contribution < 1.29 is 14.7 Å². The quantitative estimate of drug-likeness (QED) is 0.624. The number of rotatable bonds is 8. The zero-order chi connectivity index (χ0) is 14.1. The van der Waals surface area contributed by atoms with Gasteiger partial charge in [0.1, 0.15) is 0 Å². The van der Waals surface area contributed by atoms with E-state index in [1.807, 2.05) is 24.3 Å². The summed E-state index contributed by atoms with van der Waals surface area (Å²) in [5.74, 6) is -0.939. The van der Waals surface area contributed by atoms with Gasteiger partial charge in [-0.1, -0.05) is 19.1 Å². The number of aryl methyl sites for hydroxylation is 1. The Morgan fingerprint density at radius 3 is 2.79 bits per heavy atom. The van der Waals surface area contributed by atoms with Gasteiger partial charge in [-0.3, -0.25) is 9.59 Å². The molecule has 0 aliphatic carbocycles. The minimum Gasteiger partial charge on any atom is -0.481 e. The second kappa shape index (κ2) is 8.26. The van der Waals surface area contributed by atoms with Gasteiger partial charge in [-0.2, -0.15) is 0 Å². The third kappa shape index (κ3) is 6.57. The summed E-state index contributed by atoms with van der Waals surface area (Å²) in [5.41, 5.74) is 1.96. The zero-order valence-corrected chi connectivity index (χ0v) is 11.1. The average molecular weight is 264 g/mol. The fraction of sp³-hybridized carbons (Fsp3) is 0.429. The lowest BCUT2D eigenvalue weighted by Gasteiger charge is -2.07. The first kappa shape index (κ1) is 15.2. The van der Waals surface area contributed by atoms with Gasteiger partial charge >= 0.3 is 5.97 Å². The largest absolute Gasteiger partial charge is 0.481 e. The van der Waals surface area contributed by atoms with Crippen molar-refractivity contribution in [3.05, 3.63) is 29.8 Å². The van der Waals surface area contributed by atoms with E-state index in [0.29, 0.717) is 13.0 Å². The molecule has 1 rings (SSSR count). The molecule has 0 aliphatic heterocycles. The maximum absolute atomic E-state index is 11.6. The van der Waals surface area contributed by atoms with Crippen LogP contribution in [0.15, 0.2) is 24.3 Å². The van der Waals surface area contributed by atoms with Gasteiger partial charge in [0.2, 0.25) is 5.91 Å². The molecule has 0 radical (unpaired) electrons. The predicted molar refractivity (Wildman–Crippen MR) is 74.2 cm³/mol. The highest BCUT2D eigenvalue weighted by atomic mass is 16.4. The number of hydrogen-bond donors (Lipinski definition) is 3. The molecule has 0 aromatic heterocycles. The molecule has 1 amide bonds. The molecule has 0 aliphatic rings. The summed E-state index contributed by atoms with van der Waals surface area (Å²) in [6.45, 7) is 2.77. The molecule has 0 bridgehead atoms. The van der Waals surface area contributed by atoms with E-state index in [9.17, 15) is 9.59 Å². The summed E-state index contributed by atoms with van der Waals surface area (Å²) in [5, 5.41) is 14.2. The number of amides is 1. The summed E-state index contributed by atoms with van der Waals surface area (Å²) in [6.07, 6.45) is 1.57. The maximum atomic E-state index is 11.6. The van der Waals surface area contributed by atoms with Crippen molar-refractivity contribution in [3.8, 4) is 0 Å². The van der Waals surface area contributed by atoms with Gasteiger partial charge in [-0.25, -0.2) is 0 Å². The minimum absolute atomic E-state index is 0.118. The molecule has 19 heavy (non-hydrogen) atoms. The lowest BCUT2D eigenvalue weighted by molar-refractivity contribution is -0.137. The fourth-order valence-corrected chi connectivity index (χ4v) is 1.64. The molecule has 0 spiro atoms. The number of anilines is 1. The third-order valence-electron chi connectivity index (χ3n) is 2.65. The summed E-state index contributed by atoms with van der Waals surface area (Å²) >= 11 is 0. The van der Waals surface area contributed by atoms with Crippen LogP contribution in [-0.4, -0.2) is 30.1 Å². The van der Waals surface area contributed by atoms with E-state index in [2.05, 4.69) is 17.6 Å². The first-order valence-corrected chi connectivity index (χ1v) is 6.43. The minimum atomic E-state index is -0.817. The molecule has 0 fully saturated rings. The Balaban J connectivity index is 2.25. The molecule has 1 aromatic rings. The normalized spacial score (nSPS) is 10.2. The van der Waals surface area contributed by atoms with Crippen molar-refractivity contribution in [3.63, 3.8) is 0 Å². The van der Waals surface area contributed by atoms with E-state index in [-0.39, 0.29) is 18.9 Å². The highest BCUT2D eigenvalue weighted by Gasteiger charge is 2.02. The van der Waals surface area contributed by atoms with Crippen LogP contribution in [0.3, 0.4) is 0 Å². The number of benzene rings is 1. The fourth-order valence-electron chi connectivity index (χ4n) is 1.64. The SMILES string of the molecule is CCc1cccc(NC(=O)CNCCCC(=O)O)c1. The first-order chi connectivity index (χ1) is 9.11. The Morgan fingerprint density at radius 2 is 2.11 bits per heavy atom. The Labute approximate surface area is 113 Å². The number of nitrogens with one attached hydrogen (secondary N) is 2. The van der Waals surface area contributed by atoms with Gasteiger partial charge in [0.15, 0.2) is 0 Å². The smallest absolute Gasteiger partial charge is 0.303 e. The lowest BCUT2D eigenvalue weighted by atomic mass is 10.1. The zero-order valence-electron chi connectivity index (χ0n) is 11.1. The molecule has 3 N–H and O–H groups in total. The van der Waals surface area contributed by atoms with Gasteiger partial charge in [-0.15, -0.1) is 0 Å². The lowest BCUT2D eigenvalue weighted by Crippen LogP contribution is -2.29. The van der Waals surface area contributed by atoms with Crippen molar-refractivity contribution >= 4 is 17.6 Å². The van der Waals surface area contributed by atoms with Crippen LogP contribution in [0.4, 0.5) is 5.69 Å². The molecule has 0 saturated heterocycles. The maximum Gasteiger partial charge on any atom is 0.303 e. The van der Waals surface area contributed by atoms with Crippen LogP contribution in [0.25, 0.3) is 0 Å². The molecular weight excluding hydrogens is 244 g/mol. The van der Waals surface area contributed by atoms with Crippen LogP contribution in [-0.2, 0) is 16.0 Å². The van der Waals surface area contributed by atoms with Crippen LogP contribution in [0, 0.1) is 0 Å². The van der Waals surface area contributed by atoms with Crippen LogP contribution in [0.1, 0.15) is 25.3 Å². The summed E-state index contributed by atoms with van der Waals surface area (Å²) in [4.78, 5) is 21.9. The van der Waals surface area contributed by atoms with E-state index in [1.165, 1.54) is 5.56 Å². The third-order valence-corrected chi connectivity index (χ3v) is 2.65. The average Bonchev–Trinajstić information content (AvgIpc) is 2.38. The van der Waals surface area contributed by atoms with E-state index in [1.54, 1.807) is 0 Å². The van der Waals surface area contributed by atoms with Gasteiger partial charge in [-0.05, 0) is 37.1 Å². The number of carbonyl (C=O) groups excluding carboxylic acids is 1. The second-order valence-corrected chi connectivity index (χ2v) is 4.28. The van der Waals surface area contributed by atoms with E-state index in [0.717, 1.165) is 12.1 Å². The monoisotopic (exact) mass is 264 g/mol. The van der Waals surface area contributed by atoms with Crippen LogP contribution in [0.5, 0.6) is 0 Å². The Kier molecular flexibility index (Phi) is 6.60. The van der Waals surface area contributed by atoms with Crippen molar-refractivity contribution in [1.29, 1.82) is 0 Å². The van der Waals surface area contributed by atoms with Crippen molar-refractivity contribution in [2.45, 2.75) is 26.2 Å².